The molecule has 2 amide bonds. The molecule has 0 bridgehead atoms. The molecule has 1 saturated carbocycles. The first-order valence-electron chi connectivity index (χ1n) is 13.7. The van der Waals surface area contributed by atoms with Gasteiger partial charge in [-0.1, -0.05) is 78.5 Å². The lowest BCUT2D eigenvalue weighted by Gasteiger charge is -2.34. The van der Waals surface area contributed by atoms with Gasteiger partial charge in [0.2, 0.25) is 21.8 Å². The summed E-state index contributed by atoms with van der Waals surface area (Å²) in [5, 5.41) is 3.53. The van der Waals surface area contributed by atoms with Crippen LogP contribution in [0.1, 0.15) is 36.8 Å². The Labute approximate surface area is 257 Å². The summed E-state index contributed by atoms with van der Waals surface area (Å²) in [5.74, 6) is -0.256. The lowest BCUT2D eigenvalue weighted by atomic mass is 10.0. The molecule has 4 rings (SSSR count). The second-order valence-electron chi connectivity index (χ2n) is 10.4. The molecule has 42 heavy (non-hydrogen) atoms. The van der Waals surface area contributed by atoms with E-state index in [2.05, 4.69) is 5.32 Å². The standard InChI is InChI=1S/C31H35Cl2N3O5S/c1-41-26-14-8-11-23(17-26)20-35(30(37)21-36(42(2,39)40)28-19-24(32)15-16-27(28)33)29(18-22-9-4-3-5-10-22)31(38)34-25-12-6-7-13-25/h3-5,8-11,14-17,19,25,29H,6-7,12-13,18,20-21H2,1-2H3,(H,34,38)/t29-/m0/s1. The second-order valence-corrected chi connectivity index (χ2v) is 13.2. The van der Waals surface area contributed by atoms with Gasteiger partial charge in [-0.15, -0.1) is 0 Å². The number of hydrogen-bond donors (Lipinski definition) is 1. The summed E-state index contributed by atoms with van der Waals surface area (Å²) in [6.07, 6.45) is 5.06. The van der Waals surface area contributed by atoms with E-state index in [1.807, 2.05) is 36.4 Å². The van der Waals surface area contributed by atoms with Crippen molar-refractivity contribution in [3.8, 4) is 5.75 Å². The molecule has 1 aliphatic rings. The van der Waals surface area contributed by atoms with Gasteiger partial charge in [0.1, 0.15) is 18.3 Å². The Morgan fingerprint density at radius 3 is 2.33 bits per heavy atom. The van der Waals surface area contributed by atoms with E-state index in [1.54, 1.807) is 25.3 Å². The average Bonchev–Trinajstić information content (AvgIpc) is 3.48. The third-order valence-electron chi connectivity index (χ3n) is 7.32. The Bertz CT molecular complexity index is 1500. The highest BCUT2D eigenvalue weighted by Crippen LogP contribution is 2.31. The van der Waals surface area contributed by atoms with Gasteiger partial charge in [0, 0.05) is 24.0 Å². The van der Waals surface area contributed by atoms with Crippen molar-refractivity contribution in [1.82, 2.24) is 10.2 Å². The Balaban J connectivity index is 1.75. The maximum atomic E-state index is 14.2. The van der Waals surface area contributed by atoms with Crippen molar-refractivity contribution in [2.24, 2.45) is 0 Å². The smallest absolute Gasteiger partial charge is 0.244 e. The number of rotatable bonds is 12. The zero-order valence-electron chi connectivity index (χ0n) is 23.6. The highest BCUT2D eigenvalue weighted by molar-refractivity contribution is 7.92. The molecular weight excluding hydrogens is 597 g/mol. The van der Waals surface area contributed by atoms with Gasteiger partial charge in [0.25, 0.3) is 0 Å². The van der Waals surface area contributed by atoms with Gasteiger partial charge < -0.3 is 15.0 Å². The topological polar surface area (TPSA) is 96.0 Å². The van der Waals surface area contributed by atoms with Gasteiger partial charge in [0.05, 0.1) is 24.1 Å². The number of ether oxygens (including phenoxy) is 1. The Kier molecular flexibility index (Phi) is 10.8. The number of nitrogens with one attached hydrogen (secondary N) is 1. The van der Waals surface area contributed by atoms with Crippen LogP contribution in [0.2, 0.25) is 10.0 Å². The molecule has 0 spiro atoms. The van der Waals surface area contributed by atoms with Crippen LogP contribution in [0.25, 0.3) is 0 Å². The van der Waals surface area contributed by atoms with E-state index in [4.69, 9.17) is 27.9 Å². The fraction of sp³-hybridized carbons (Fsp3) is 0.355. The number of nitrogens with zero attached hydrogens (tertiary/aromatic N) is 2. The minimum absolute atomic E-state index is 0.0299. The van der Waals surface area contributed by atoms with Crippen molar-refractivity contribution in [3.05, 3.63) is 94.0 Å². The fourth-order valence-electron chi connectivity index (χ4n) is 5.16. The molecule has 1 N–H and O–H groups in total. The van der Waals surface area contributed by atoms with Crippen LogP contribution in [0.4, 0.5) is 5.69 Å². The molecule has 0 saturated heterocycles. The van der Waals surface area contributed by atoms with Gasteiger partial charge in [-0.05, 0) is 54.3 Å². The molecule has 1 atom stereocenters. The first-order valence-corrected chi connectivity index (χ1v) is 16.3. The maximum Gasteiger partial charge on any atom is 0.244 e. The summed E-state index contributed by atoms with van der Waals surface area (Å²) in [4.78, 5) is 29.6. The number of amides is 2. The molecule has 0 unspecified atom stereocenters. The third-order valence-corrected chi connectivity index (χ3v) is 9.00. The first-order chi connectivity index (χ1) is 20.0. The highest BCUT2D eigenvalue weighted by Gasteiger charge is 2.34. The molecule has 3 aromatic rings. The van der Waals surface area contributed by atoms with Crippen LogP contribution in [-0.2, 0) is 32.6 Å². The molecule has 3 aromatic carbocycles. The highest BCUT2D eigenvalue weighted by atomic mass is 35.5. The largest absolute Gasteiger partial charge is 0.497 e. The van der Waals surface area contributed by atoms with Crippen LogP contribution in [0.3, 0.4) is 0 Å². The predicted molar refractivity (Wildman–Crippen MR) is 167 cm³/mol. The lowest BCUT2D eigenvalue weighted by Crippen LogP contribution is -2.54. The molecule has 1 fully saturated rings. The number of halogens is 2. The van der Waals surface area contributed by atoms with E-state index < -0.39 is 28.5 Å². The quantitative estimate of drug-likeness (QED) is 0.286. The number of anilines is 1. The molecule has 11 heteroatoms. The summed E-state index contributed by atoms with van der Waals surface area (Å²) < 4.78 is 32.3. The molecule has 0 radical (unpaired) electrons. The Hall–Kier alpha value is -3.27. The van der Waals surface area contributed by atoms with E-state index in [0.29, 0.717) is 5.75 Å². The molecule has 0 heterocycles. The molecule has 8 nitrogen and oxygen atoms in total. The number of hydrogen-bond acceptors (Lipinski definition) is 5. The lowest BCUT2D eigenvalue weighted by molar-refractivity contribution is -0.140. The predicted octanol–water partition coefficient (Wildman–Crippen LogP) is 5.47. The maximum absolute atomic E-state index is 14.2. The van der Waals surface area contributed by atoms with Crippen molar-refractivity contribution in [3.63, 3.8) is 0 Å². The summed E-state index contributed by atoms with van der Waals surface area (Å²) in [6, 6.07) is 20.2. The van der Waals surface area contributed by atoms with Gasteiger partial charge in [-0.25, -0.2) is 8.42 Å². The normalized spacial score (nSPS) is 14.3. The summed E-state index contributed by atoms with van der Waals surface area (Å²) >= 11 is 12.5. The SMILES string of the molecule is COc1cccc(CN(C(=O)CN(c2cc(Cl)ccc2Cl)S(C)(=O)=O)[C@@H](Cc2ccccc2)C(=O)NC2CCCC2)c1. The number of carbonyl (C=O) groups excluding carboxylic acids is 2. The molecule has 1 aliphatic carbocycles. The van der Waals surface area contributed by atoms with Gasteiger partial charge in [-0.3, -0.25) is 13.9 Å². The summed E-state index contributed by atoms with van der Waals surface area (Å²) in [7, 11) is -2.42. The second kappa shape index (κ2) is 14.3. The van der Waals surface area contributed by atoms with Crippen LogP contribution in [0.15, 0.2) is 72.8 Å². The van der Waals surface area contributed by atoms with E-state index in [0.717, 1.165) is 47.4 Å². The first kappa shape index (κ1) is 31.7. The zero-order valence-corrected chi connectivity index (χ0v) is 26.0. The zero-order chi connectivity index (χ0) is 30.3. The van der Waals surface area contributed by atoms with Crippen molar-refractivity contribution >= 4 is 50.7 Å². The van der Waals surface area contributed by atoms with E-state index in [1.165, 1.54) is 23.1 Å². The minimum atomic E-state index is -3.97. The van der Waals surface area contributed by atoms with Crippen molar-refractivity contribution in [2.45, 2.75) is 50.7 Å². The number of carbonyl (C=O) groups is 2. The molecule has 0 aliphatic heterocycles. The van der Waals surface area contributed by atoms with Gasteiger partial charge >= 0.3 is 0 Å². The third kappa shape index (κ3) is 8.40. The Morgan fingerprint density at radius 1 is 0.976 bits per heavy atom. The molecule has 0 aromatic heterocycles. The van der Waals surface area contributed by atoms with E-state index in [-0.39, 0.29) is 40.6 Å². The van der Waals surface area contributed by atoms with Crippen molar-refractivity contribution in [1.29, 1.82) is 0 Å². The van der Waals surface area contributed by atoms with E-state index in [9.17, 15) is 18.0 Å². The monoisotopic (exact) mass is 631 g/mol. The van der Waals surface area contributed by atoms with Crippen molar-refractivity contribution in [2.75, 3.05) is 24.2 Å². The van der Waals surface area contributed by atoms with Crippen LogP contribution >= 0.6 is 23.2 Å². The van der Waals surface area contributed by atoms with E-state index >= 15 is 0 Å². The van der Waals surface area contributed by atoms with Crippen LogP contribution in [0.5, 0.6) is 5.75 Å². The fourth-order valence-corrected chi connectivity index (χ4v) is 6.45. The summed E-state index contributed by atoms with van der Waals surface area (Å²) in [6.45, 7) is -0.530. The Morgan fingerprint density at radius 2 is 1.67 bits per heavy atom. The molecular formula is C31H35Cl2N3O5S. The van der Waals surface area contributed by atoms with Crippen molar-refractivity contribution < 1.29 is 22.7 Å². The minimum Gasteiger partial charge on any atom is -0.497 e. The number of benzene rings is 3. The van der Waals surface area contributed by atoms with Crippen LogP contribution in [-0.4, -0.2) is 57.1 Å². The van der Waals surface area contributed by atoms with Crippen LogP contribution < -0.4 is 14.4 Å². The van der Waals surface area contributed by atoms with Gasteiger partial charge in [0.15, 0.2) is 0 Å². The van der Waals surface area contributed by atoms with Crippen LogP contribution in [0, 0.1) is 0 Å². The molecule has 224 valence electrons. The van der Waals surface area contributed by atoms with Gasteiger partial charge in [-0.2, -0.15) is 0 Å². The number of sulfonamides is 1. The average molecular weight is 633 g/mol. The summed E-state index contributed by atoms with van der Waals surface area (Å²) in [5.41, 5.74) is 1.67. The number of methoxy groups -OCH3 is 1.